The number of ether oxygens (including phenoxy) is 23. The largest absolute Gasteiger partial charge is 0.447 e. The van der Waals surface area contributed by atoms with Gasteiger partial charge in [0, 0.05) is 90.4 Å². The number of amides is 1. The van der Waals surface area contributed by atoms with Crippen molar-refractivity contribution in [1.82, 2.24) is 5.32 Å². The fourth-order valence-corrected chi connectivity index (χ4v) is 5.69. The van der Waals surface area contributed by atoms with Crippen LogP contribution in [0.1, 0.15) is 59.8 Å². The van der Waals surface area contributed by atoms with E-state index >= 15 is 0 Å². The number of rotatable bonds is 61. The molecule has 492 valence electrons. The third kappa shape index (κ3) is 74.4. The topological polar surface area (TPSA) is 241 Å². The van der Waals surface area contributed by atoms with Crippen LogP contribution in [0.5, 0.6) is 0 Å². The zero-order valence-corrected chi connectivity index (χ0v) is 52.8. The van der Waals surface area contributed by atoms with Crippen molar-refractivity contribution in [2.45, 2.75) is 90.3 Å². The molecule has 0 spiro atoms. The first-order chi connectivity index (χ1) is 39.7. The molecule has 0 radical (unpaired) electrons. The van der Waals surface area contributed by atoms with Gasteiger partial charge in [0.05, 0.1) is 191 Å². The molecule has 1 amide bonds. The van der Waals surface area contributed by atoms with Crippen molar-refractivity contribution in [3.8, 4) is 0 Å². The molecule has 0 aromatic rings. The van der Waals surface area contributed by atoms with Gasteiger partial charge in [-0.1, -0.05) is 27.7 Å². The van der Waals surface area contributed by atoms with E-state index in [1.807, 2.05) is 0 Å². The number of methoxy groups -OCH3 is 9. The van der Waals surface area contributed by atoms with Crippen LogP contribution in [0.2, 0.25) is 0 Å². The van der Waals surface area contributed by atoms with Crippen LogP contribution >= 0.6 is 0 Å². The van der Waals surface area contributed by atoms with Crippen molar-refractivity contribution in [3.63, 3.8) is 0 Å². The quantitative estimate of drug-likeness (QED) is 0.0820. The summed E-state index contributed by atoms with van der Waals surface area (Å²) in [6.45, 7) is 24.7. The normalized spacial score (nSPS) is 13.0. The molecule has 0 aromatic carbocycles. The second-order valence-electron chi connectivity index (χ2n) is 17.2. The molecule has 5 unspecified atom stereocenters. The lowest BCUT2D eigenvalue weighted by Crippen LogP contribution is -2.33. The molecule has 0 fully saturated rings. The summed E-state index contributed by atoms with van der Waals surface area (Å²) < 4.78 is 122. The zero-order chi connectivity index (χ0) is 60.6. The molecular weight excluding hydrogens is 1070 g/mol. The Morgan fingerprint density at radius 1 is 0.284 bits per heavy atom. The van der Waals surface area contributed by atoms with Gasteiger partial charge in [-0.05, 0) is 32.1 Å². The van der Waals surface area contributed by atoms with Gasteiger partial charge in [-0.25, -0.2) is 4.79 Å². The lowest BCUT2D eigenvalue weighted by Gasteiger charge is -2.20. The van der Waals surface area contributed by atoms with E-state index in [0.717, 1.165) is 45.3 Å². The fourth-order valence-electron chi connectivity index (χ4n) is 5.69. The van der Waals surface area contributed by atoms with E-state index in [9.17, 15) is 4.79 Å². The molecule has 0 bridgehead atoms. The Morgan fingerprint density at radius 3 is 0.840 bits per heavy atom. The van der Waals surface area contributed by atoms with Crippen LogP contribution in [0.15, 0.2) is 0 Å². The van der Waals surface area contributed by atoms with Gasteiger partial charge in [0.1, 0.15) is 24.9 Å². The summed E-state index contributed by atoms with van der Waals surface area (Å²) in [5.74, 6) is 0. The van der Waals surface area contributed by atoms with E-state index in [1.165, 1.54) is 0 Å². The molecule has 0 saturated carbocycles. The standard InChI is InChI=1S/C26H54O12.C16H33NO7.C10H22O4.C4H10O/c1-6-24(36-18-15-35-23-26(38-17-10-30-5)21-32-12-8-28-3)19-33-13-14-34-22-25(37-16-9-29-4)20-31-11-7-27-2;1-4-7-21-8-5-6-17-16(18)24-14-15(23-12-10-20-3)13-22-11-9-19-2;1-4-10(14-8-6-12-3)9-13-7-5-11-2;1-3-4-5-2/h24-26H,6-23H2,1-5H3;15H,4-14H2,1-3H3,(H,17,18);10H,4-9H2,1-3H3;3-4H2,1-2H3. The van der Waals surface area contributed by atoms with Gasteiger partial charge < -0.3 is 114 Å². The van der Waals surface area contributed by atoms with E-state index in [0.29, 0.717) is 192 Å². The molecule has 5 atom stereocenters. The maximum Gasteiger partial charge on any atom is 0.407 e. The third-order valence-electron chi connectivity index (χ3n) is 10.2. The van der Waals surface area contributed by atoms with Gasteiger partial charge in [-0.15, -0.1) is 0 Å². The van der Waals surface area contributed by atoms with Crippen LogP contribution < -0.4 is 5.32 Å². The first-order valence-electron chi connectivity index (χ1n) is 28.7. The summed E-state index contributed by atoms with van der Waals surface area (Å²) in [6, 6.07) is 0. The number of carbonyl (C=O) groups excluding carboxylic acids is 1. The van der Waals surface area contributed by atoms with Crippen molar-refractivity contribution < 1.29 is 114 Å². The molecule has 1 N–H and O–H groups in total. The Kier molecular flexibility index (Phi) is 83.1. The van der Waals surface area contributed by atoms with Crippen molar-refractivity contribution in [3.05, 3.63) is 0 Å². The Labute approximate surface area is 489 Å². The molecule has 0 aliphatic heterocycles. The summed E-state index contributed by atoms with van der Waals surface area (Å²) in [5, 5.41) is 2.68. The van der Waals surface area contributed by atoms with Crippen LogP contribution in [-0.4, -0.2) is 312 Å². The van der Waals surface area contributed by atoms with Gasteiger partial charge in [0.2, 0.25) is 0 Å². The lowest BCUT2D eigenvalue weighted by atomic mass is 10.3. The SMILES string of the molecule is CCC(COCCOC)OCCOC.CCC(COCCOCC(COCCOC)OCCOC)OCCOCC(COCCOC)OCCOC.CCCOC.CCCOCCCNC(=O)OCC(COCCOC)OCCOC. The molecule has 81 heavy (non-hydrogen) atoms. The average Bonchev–Trinajstić information content (AvgIpc) is 3.47. The van der Waals surface area contributed by atoms with Gasteiger partial charge in [-0.3, -0.25) is 0 Å². The summed E-state index contributed by atoms with van der Waals surface area (Å²) in [4.78, 5) is 11.6. The van der Waals surface area contributed by atoms with Crippen LogP contribution in [0.3, 0.4) is 0 Å². The molecular formula is C56H119NO24. The average molecular weight is 1190 g/mol. The smallest absolute Gasteiger partial charge is 0.407 e. The Bertz CT molecular complexity index is 1110. The highest BCUT2D eigenvalue weighted by Crippen LogP contribution is 2.03. The predicted molar refractivity (Wildman–Crippen MR) is 307 cm³/mol. The molecule has 0 aromatic heterocycles. The minimum absolute atomic E-state index is 0.0102. The Morgan fingerprint density at radius 2 is 0.543 bits per heavy atom. The Balaban J connectivity index is -0.000000582. The number of alkyl carbamates (subject to hydrolysis) is 1. The van der Waals surface area contributed by atoms with E-state index < -0.39 is 6.09 Å². The van der Waals surface area contributed by atoms with Gasteiger partial charge in [0.15, 0.2) is 0 Å². The summed E-state index contributed by atoms with van der Waals surface area (Å²) in [7, 11) is 14.8. The second kappa shape index (κ2) is 78.4. The van der Waals surface area contributed by atoms with Crippen LogP contribution in [0, 0.1) is 0 Å². The predicted octanol–water partition coefficient (Wildman–Crippen LogP) is 4.58. The molecule has 0 aliphatic rings. The summed E-state index contributed by atoms with van der Waals surface area (Å²) in [5.41, 5.74) is 0. The van der Waals surface area contributed by atoms with Crippen molar-refractivity contribution >= 4 is 6.09 Å². The highest BCUT2D eigenvalue weighted by molar-refractivity contribution is 5.67. The van der Waals surface area contributed by atoms with Crippen LogP contribution in [-0.2, 0) is 109 Å². The number of carbonyl (C=O) groups is 1. The first-order valence-corrected chi connectivity index (χ1v) is 28.7. The fraction of sp³-hybridized carbons (Fsp3) is 0.982. The monoisotopic (exact) mass is 1190 g/mol. The molecule has 0 rings (SSSR count). The van der Waals surface area contributed by atoms with E-state index in [-0.39, 0.29) is 37.1 Å². The van der Waals surface area contributed by atoms with Gasteiger partial charge in [0.25, 0.3) is 0 Å². The van der Waals surface area contributed by atoms with Crippen LogP contribution in [0.4, 0.5) is 4.79 Å². The Hall–Kier alpha value is -1.61. The van der Waals surface area contributed by atoms with Crippen molar-refractivity contribution in [2.24, 2.45) is 0 Å². The van der Waals surface area contributed by atoms with Gasteiger partial charge >= 0.3 is 6.09 Å². The molecule has 0 saturated heterocycles. The minimum Gasteiger partial charge on any atom is -0.447 e. The molecule has 25 nitrogen and oxygen atoms in total. The second-order valence-corrected chi connectivity index (χ2v) is 17.2. The highest BCUT2D eigenvalue weighted by Gasteiger charge is 2.15. The molecule has 0 aliphatic carbocycles. The molecule has 25 heteroatoms. The van der Waals surface area contributed by atoms with E-state index in [1.54, 1.807) is 64.0 Å². The van der Waals surface area contributed by atoms with E-state index in [4.69, 9.17) is 109 Å². The summed E-state index contributed by atoms with van der Waals surface area (Å²) >= 11 is 0. The lowest BCUT2D eigenvalue weighted by molar-refractivity contribution is -0.0922. The molecule has 0 heterocycles. The highest BCUT2D eigenvalue weighted by atomic mass is 16.6. The summed E-state index contributed by atoms with van der Waals surface area (Å²) in [6.07, 6.45) is 3.67. The first kappa shape index (κ1) is 85.8. The maximum absolute atomic E-state index is 11.6. The van der Waals surface area contributed by atoms with Crippen molar-refractivity contribution in [2.75, 3.05) is 275 Å². The minimum atomic E-state index is -0.470. The number of nitrogens with one attached hydrogen (secondary N) is 1. The van der Waals surface area contributed by atoms with Gasteiger partial charge in [-0.2, -0.15) is 0 Å². The third-order valence-corrected chi connectivity index (χ3v) is 10.2. The maximum atomic E-state index is 11.6. The van der Waals surface area contributed by atoms with E-state index in [2.05, 4.69) is 33.0 Å². The van der Waals surface area contributed by atoms with Crippen LogP contribution in [0.25, 0.3) is 0 Å². The zero-order valence-electron chi connectivity index (χ0n) is 52.8. The number of hydrogen-bond acceptors (Lipinski definition) is 24. The number of hydrogen-bond donors (Lipinski definition) is 1. The van der Waals surface area contributed by atoms with Crippen molar-refractivity contribution in [1.29, 1.82) is 0 Å².